The van der Waals surface area contributed by atoms with E-state index < -0.39 is 42.1 Å². The number of guanidine groups is 1. The van der Waals surface area contributed by atoms with Crippen molar-refractivity contribution in [2.75, 3.05) is 5.32 Å². The summed E-state index contributed by atoms with van der Waals surface area (Å²) < 4.78 is 37.1. The molecule has 0 aliphatic carbocycles. The summed E-state index contributed by atoms with van der Waals surface area (Å²) in [4.78, 5) is 48.8. The molecule has 0 amide bonds. The van der Waals surface area contributed by atoms with Crippen LogP contribution in [0.3, 0.4) is 0 Å². The molecular weight excluding hydrogens is 521 g/mol. The summed E-state index contributed by atoms with van der Waals surface area (Å²) >= 11 is 0. The maximum atomic E-state index is 12.4. The van der Waals surface area contributed by atoms with Gasteiger partial charge in [-0.25, -0.2) is 14.4 Å². The zero-order valence-electron chi connectivity index (χ0n) is 19.0. The van der Waals surface area contributed by atoms with Gasteiger partial charge in [-0.3, -0.25) is 10.2 Å². The van der Waals surface area contributed by atoms with E-state index in [0.717, 1.165) is 0 Å². The maximum Gasteiger partial charge on any atom is 0.490 e. The van der Waals surface area contributed by atoms with Crippen LogP contribution in [0.2, 0.25) is 0 Å². The quantitative estimate of drug-likeness (QED) is 0.129. The lowest BCUT2D eigenvalue weighted by Crippen LogP contribution is -2.41. The summed E-state index contributed by atoms with van der Waals surface area (Å²) in [6.45, 7) is 0. The first-order valence-corrected chi connectivity index (χ1v) is 10.2. The second-order valence-corrected chi connectivity index (χ2v) is 7.51. The van der Waals surface area contributed by atoms with Gasteiger partial charge in [-0.2, -0.15) is 13.2 Å². The van der Waals surface area contributed by atoms with Gasteiger partial charge in [-0.1, -0.05) is 17.3 Å². The Morgan fingerprint density at radius 3 is 2.21 bits per heavy atom. The third-order valence-corrected chi connectivity index (χ3v) is 4.63. The number of oxime groups is 1. The number of hydrogen-bond acceptors (Lipinski definition) is 8. The Kier molecular flexibility index (Phi) is 8.97. The van der Waals surface area contributed by atoms with Gasteiger partial charge in [-0.05, 0) is 36.4 Å². The average molecular weight is 540 g/mol. The predicted molar refractivity (Wildman–Crippen MR) is 122 cm³/mol. The van der Waals surface area contributed by atoms with E-state index in [1.54, 1.807) is 24.3 Å². The van der Waals surface area contributed by atoms with E-state index in [2.05, 4.69) is 10.5 Å². The van der Waals surface area contributed by atoms with Crippen molar-refractivity contribution in [3.8, 4) is 5.75 Å². The molecule has 0 aromatic heterocycles. The molecule has 1 heterocycles. The van der Waals surface area contributed by atoms with Gasteiger partial charge in [0, 0.05) is 17.7 Å². The maximum absolute atomic E-state index is 12.4. The number of benzene rings is 2. The van der Waals surface area contributed by atoms with Crippen LogP contribution in [0.4, 0.5) is 18.9 Å². The molecule has 16 heteroatoms. The molecule has 1 aliphatic heterocycles. The van der Waals surface area contributed by atoms with Gasteiger partial charge in [0.05, 0.1) is 17.7 Å². The topological polar surface area (TPSA) is 222 Å². The van der Waals surface area contributed by atoms with Crippen molar-refractivity contribution in [1.82, 2.24) is 0 Å². The first kappa shape index (κ1) is 29.1. The lowest BCUT2D eigenvalue weighted by molar-refractivity contribution is -0.192. The Morgan fingerprint density at radius 2 is 1.71 bits per heavy atom. The monoisotopic (exact) mass is 540 g/mol. The van der Waals surface area contributed by atoms with Crippen molar-refractivity contribution in [3.05, 3.63) is 59.7 Å². The number of nitrogens with two attached hydrogens (primary N) is 1. The number of esters is 1. The van der Waals surface area contributed by atoms with Crippen LogP contribution in [0.5, 0.6) is 5.75 Å². The molecule has 1 aliphatic rings. The zero-order chi connectivity index (χ0) is 28.7. The fraction of sp³-hybridized carbons (Fsp3) is 0.182. The van der Waals surface area contributed by atoms with E-state index in [1.165, 1.54) is 24.3 Å². The summed E-state index contributed by atoms with van der Waals surface area (Å²) in [7, 11) is 0. The van der Waals surface area contributed by atoms with Gasteiger partial charge in [0.2, 0.25) is 5.60 Å². The summed E-state index contributed by atoms with van der Waals surface area (Å²) in [5.41, 5.74) is 4.71. The highest BCUT2D eigenvalue weighted by molar-refractivity contribution is 6.05. The third kappa shape index (κ3) is 7.94. The van der Waals surface area contributed by atoms with E-state index in [1.807, 2.05) is 0 Å². The van der Waals surface area contributed by atoms with Crippen molar-refractivity contribution in [2.24, 2.45) is 10.9 Å². The Morgan fingerprint density at radius 1 is 1.11 bits per heavy atom. The van der Waals surface area contributed by atoms with Crippen LogP contribution >= 0.6 is 0 Å². The summed E-state index contributed by atoms with van der Waals surface area (Å²) in [6.07, 6.45) is -6.09. The van der Waals surface area contributed by atoms with Crippen LogP contribution < -0.4 is 15.8 Å². The van der Waals surface area contributed by atoms with Crippen LogP contribution in [0.1, 0.15) is 28.8 Å². The van der Waals surface area contributed by atoms with Crippen molar-refractivity contribution >= 4 is 41.2 Å². The number of ether oxygens (including phenoxy) is 1. The highest BCUT2D eigenvalue weighted by Crippen LogP contribution is 2.31. The number of nitrogens with zero attached hydrogens (tertiary/aromatic N) is 1. The third-order valence-electron chi connectivity index (χ3n) is 4.63. The zero-order valence-corrected chi connectivity index (χ0v) is 19.0. The standard InChI is InChI=1S/C20H18N4O7.C2HF3O2/c21-19(22)23-13-6-4-11(5-7-13)17(27)30-14-3-1-2-12(8-14)15-9-20(18(28)29,31-24-15)10-16(25)26;3-2(4,5)1(6)7/h1-8H,9-10H2,(H,25,26)(H,28,29)(H4,21,22,23);(H,6,7)/t20-;/m0./s1. The minimum Gasteiger partial charge on any atom is -0.481 e. The molecule has 202 valence electrons. The average Bonchev–Trinajstić information content (AvgIpc) is 3.24. The summed E-state index contributed by atoms with van der Waals surface area (Å²) in [5, 5.41) is 39.0. The second-order valence-electron chi connectivity index (χ2n) is 7.51. The summed E-state index contributed by atoms with van der Waals surface area (Å²) in [6, 6.07) is 12.3. The lowest BCUT2D eigenvalue weighted by atomic mass is 9.91. The minimum atomic E-state index is -5.08. The largest absolute Gasteiger partial charge is 0.490 e. The van der Waals surface area contributed by atoms with Gasteiger partial charge < -0.3 is 35.9 Å². The van der Waals surface area contributed by atoms with E-state index in [9.17, 15) is 32.7 Å². The Bertz CT molecular complexity index is 1280. The molecule has 0 bridgehead atoms. The Labute approximate surface area is 210 Å². The van der Waals surface area contributed by atoms with Gasteiger partial charge in [-0.15, -0.1) is 0 Å². The fourth-order valence-electron chi connectivity index (χ4n) is 2.91. The lowest BCUT2D eigenvalue weighted by Gasteiger charge is -2.18. The smallest absolute Gasteiger partial charge is 0.481 e. The number of carboxylic acids is 3. The number of nitrogens with one attached hydrogen (secondary N) is 2. The number of hydrogen-bond donors (Lipinski definition) is 6. The number of carbonyl (C=O) groups is 4. The second kappa shape index (κ2) is 11.7. The molecule has 0 saturated heterocycles. The summed E-state index contributed by atoms with van der Waals surface area (Å²) in [5.74, 6) is -6.21. The van der Waals surface area contributed by atoms with Crippen LogP contribution in [-0.4, -0.2) is 62.6 Å². The van der Waals surface area contributed by atoms with Crippen LogP contribution in [0.25, 0.3) is 0 Å². The molecule has 38 heavy (non-hydrogen) atoms. The molecule has 1 atom stereocenters. The number of halogens is 3. The molecule has 0 unspecified atom stereocenters. The van der Waals surface area contributed by atoms with Gasteiger partial charge in [0.1, 0.15) is 5.75 Å². The molecule has 0 fully saturated rings. The highest BCUT2D eigenvalue weighted by atomic mass is 19.4. The molecule has 7 N–H and O–H groups in total. The fourth-order valence-corrected chi connectivity index (χ4v) is 2.91. The first-order valence-electron chi connectivity index (χ1n) is 10.2. The van der Waals surface area contributed by atoms with E-state index >= 15 is 0 Å². The van der Waals surface area contributed by atoms with Crippen molar-refractivity contribution < 1.29 is 57.2 Å². The predicted octanol–water partition coefficient (Wildman–Crippen LogP) is 2.27. The number of aliphatic carboxylic acids is 3. The molecule has 0 spiro atoms. The normalized spacial score (nSPS) is 16.1. The van der Waals surface area contributed by atoms with E-state index in [0.29, 0.717) is 11.3 Å². The van der Waals surface area contributed by atoms with Crippen molar-refractivity contribution in [2.45, 2.75) is 24.6 Å². The first-order chi connectivity index (χ1) is 17.6. The van der Waals surface area contributed by atoms with Crippen molar-refractivity contribution in [1.29, 1.82) is 5.41 Å². The number of anilines is 1. The van der Waals surface area contributed by atoms with Gasteiger partial charge >= 0.3 is 30.1 Å². The van der Waals surface area contributed by atoms with Crippen molar-refractivity contribution in [3.63, 3.8) is 0 Å². The number of carbonyl (C=O) groups excluding carboxylic acids is 1. The molecule has 2 aromatic carbocycles. The number of rotatable bonds is 7. The molecule has 2 aromatic rings. The SMILES string of the molecule is N=C(N)Nc1ccc(C(=O)Oc2cccc(C3=NO[C@@](CC(=O)O)(C(=O)O)C3)c2)cc1.O=C(O)C(F)(F)F. The van der Waals surface area contributed by atoms with Crippen LogP contribution in [0, 0.1) is 5.41 Å². The van der Waals surface area contributed by atoms with E-state index in [4.69, 9.17) is 35.7 Å². The molecule has 3 rings (SSSR count). The van der Waals surface area contributed by atoms with Gasteiger partial charge in [0.25, 0.3) is 0 Å². The number of carboxylic acid groups (broad SMARTS) is 3. The minimum absolute atomic E-state index is 0.183. The Balaban J connectivity index is 0.000000638. The molecular formula is C22H19F3N4O9. The molecule has 13 nitrogen and oxygen atoms in total. The van der Waals surface area contributed by atoms with E-state index in [-0.39, 0.29) is 29.4 Å². The van der Waals surface area contributed by atoms with Crippen LogP contribution in [0.15, 0.2) is 53.7 Å². The highest BCUT2D eigenvalue weighted by Gasteiger charge is 2.49. The van der Waals surface area contributed by atoms with Gasteiger partial charge in [0.15, 0.2) is 5.96 Å². The molecule has 0 saturated carbocycles. The number of alkyl halides is 3. The Hall–Kier alpha value is -5.15. The molecule has 0 radical (unpaired) electrons. The van der Waals surface area contributed by atoms with Crippen LogP contribution in [-0.2, 0) is 19.2 Å².